The van der Waals surface area contributed by atoms with Gasteiger partial charge in [0.1, 0.15) is 23.9 Å². The lowest BCUT2D eigenvalue weighted by Crippen LogP contribution is -2.64. The predicted octanol–water partition coefficient (Wildman–Crippen LogP) is 9.50. The van der Waals surface area contributed by atoms with Gasteiger partial charge in [0.25, 0.3) is 11.4 Å². The molecule has 0 spiro atoms. The minimum atomic E-state index is -1.17. The molecule has 1 saturated carbocycles. The molecular formula is C47H52N4O10S. The van der Waals surface area contributed by atoms with Crippen LogP contribution in [0.4, 0.5) is 11.4 Å². The van der Waals surface area contributed by atoms with Crippen molar-refractivity contribution in [3.63, 3.8) is 0 Å². The molecule has 6 atom stereocenters. The van der Waals surface area contributed by atoms with E-state index in [-0.39, 0.29) is 66.7 Å². The van der Waals surface area contributed by atoms with E-state index in [9.17, 15) is 30.4 Å². The van der Waals surface area contributed by atoms with Crippen LogP contribution in [0.5, 0.6) is 17.2 Å². The lowest BCUT2D eigenvalue weighted by Gasteiger charge is -2.58. The third-order valence-electron chi connectivity index (χ3n) is 11.9. The van der Waals surface area contributed by atoms with Crippen molar-refractivity contribution in [3.05, 3.63) is 152 Å². The molecule has 0 bridgehead atoms. The molecule has 3 aromatic carbocycles. The summed E-state index contributed by atoms with van der Waals surface area (Å²) >= 11 is 1.75. The average Bonchev–Trinajstić information content (AvgIpc) is 3.28. The van der Waals surface area contributed by atoms with Crippen LogP contribution in [0, 0.1) is 38.0 Å². The number of ether oxygens (including phenoxy) is 3. The fourth-order valence-corrected chi connectivity index (χ4v) is 10.5. The van der Waals surface area contributed by atoms with Crippen LogP contribution in [-0.4, -0.2) is 67.4 Å². The number of aryl methyl sites for hydroxylation is 1. The monoisotopic (exact) mass is 864 g/mol. The SMILES string of the molecule is C=CCO[C@@]12Oc3ccc(Oc4cccc([N+](=O)[O-])c4)cc3[C@H]3[C@H](CCCCO)[C@@H](CCCCO)C=C(C(=NOCc4ccc([N+](=O)[O-])cc4)C[C@@H]1SCCc1ccncc1)[C@H]32. The Labute approximate surface area is 365 Å². The Hall–Kier alpha value is -5.61. The summed E-state index contributed by atoms with van der Waals surface area (Å²) in [5.41, 5.74) is 4.43. The molecule has 0 radical (unpaired) electrons. The Bertz CT molecular complexity index is 2240. The van der Waals surface area contributed by atoms with E-state index in [0.29, 0.717) is 36.5 Å². The normalized spacial score (nSPS) is 23.0. The van der Waals surface area contributed by atoms with Gasteiger partial charge in [-0.05, 0) is 115 Å². The first-order valence-corrected chi connectivity index (χ1v) is 22.2. The molecule has 7 rings (SSSR count). The quantitative estimate of drug-likeness (QED) is 0.0330. The molecule has 2 heterocycles. The summed E-state index contributed by atoms with van der Waals surface area (Å²) in [6.45, 7) is 4.49. The third-order valence-corrected chi connectivity index (χ3v) is 13.2. The molecule has 0 saturated heterocycles. The number of allylic oxidation sites excluding steroid dienone is 1. The number of aliphatic hydroxyl groups excluding tert-OH is 2. The van der Waals surface area contributed by atoms with E-state index in [2.05, 4.69) is 17.6 Å². The summed E-state index contributed by atoms with van der Waals surface area (Å²) in [5, 5.41) is 47.3. The van der Waals surface area contributed by atoms with Crippen molar-refractivity contribution < 1.29 is 39.1 Å². The van der Waals surface area contributed by atoms with Crippen LogP contribution < -0.4 is 9.47 Å². The number of thioether (sulfide) groups is 1. The lowest BCUT2D eigenvalue weighted by atomic mass is 9.56. The van der Waals surface area contributed by atoms with Crippen molar-refractivity contribution in [3.8, 4) is 17.2 Å². The number of oxime groups is 1. The fraction of sp³-hybridized carbons (Fsp3) is 0.404. The summed E-state index contributed by atoms with van der Waals surface area (Å²) < 4.78 is 20.6. The zero-order valence-electron chi connectivity index (χ0n) is 34.5. The second-order valence-electron chi connectivity index (χ2n) is 15.8. The van der Waals surface area contributed by atoms with E-state index in [4.69, 9.17) is 24.2 Å². The van der Waals surface area contributed by atoms with Gasteiger partial charge in [-0.3, -0.25) is 25.2 Å². The largest absolute Gasteiger partial charge is 0.460 e. The van der Waals surface area contributed by atoms with Gasteiger partial charge in [-0.25, -0.2) is 0 Å². The number of fused-ring (bicyclic) bond motifs is 2. The highest BCUT2D eigenvalue weighted by Crippen LogP contribution is 2.62. The number of nitro groups is 2. The predicted molar refractivity (Wildman–Crippen MR) is 236 cm³/mol. The van der Waals surface area contributed by atoms with E-state index >= 15 is 0 Å². The van der Waals surface area contributed by atoms with E-state index in [1.165, 1.54) is 24.3 Å². The van der Waals surface area contributed by atoms with Gasteiger partial charge in [0, 0.05) is 61.7 Å². The smallest absolute Gasteiger partial charge is 0.273 e. The fourth-order valence-electron chi connectivity index (χ4n) is 9.10. The Balaban J connectivity index is 1.35. The molecule has 1 fully saturated rings. The summed E-state index contributed by atoms with van der Waals surface area (Å²) in [7, 11) is 0. The maximum Gasteiger partial charge on any atom is 0.273 e. The first-order chi connectivity index (χ1) is 30.2. The van der Waals surface area contributed by atoms with Gasteiger partial charge in [-0.15, -0.1) is 6.58 Å². The number of benzene rings is 3. The number of hydrogen-bond acceptors (Lipinski definition) is 13. The van der Waals surface area contributed by atoms with Crippen molar-refractivity contribution in [1.29, 1.82) is 0 Å². The van der Waals surface area contributed by atoms with Crippen molar-refractivity contribution in [2.75, 3.05) is 25.6 Å². The van der Waals surface area contributed by atoms with Crippen LogP contribution in [0.2, 0.25) is 0 Å². The van der Waals surface area contributed by atoms with Gasteiger partial charge in [-0.1, -0.05) is 36.2 Å². The molecule has 1 aliphatic heterocycles. The van der Waals surface area contributed by atoms with Crippen LogP contribution in [0.3, 0.4) is 0 Å². The molecule has 3 aliphatic rings. The second-order valence-corrected chi connectivity index (χ2v) is 17.1. The maximum absolute atomic E-state index is 11.6. The minimum Gasteiger partial charge on any atom is -0.460 e. The summed E-state index contributed by atoms with van der Waals surface area (Å²) in [6, 6.07) is 22.0. The van der Waals surface area contributed by atoms with Crippen molar-refractivity contribution >= 4 is 28.8 Å². The highest BCUT2D eigenvalue weighted by atomic mass is 32.2. The zero-order valence-corrected chi connectivity index (χ0v) is 35.3. The Morgan fingerprint density at radius 3 is 2.37 bits per heavy atom. The summed E-state index contributed by atoms with van der Waals surface area (Å²) in [6.07, 6.45) is 13.3. The van der Waals surface area contributed by atoms with Crippen LogP contribution in [0.25, 0.3) is 0 Å². The average molecular weight is 865 g/mol. The van der Waals surface area contributed by atoms with Crippen LogP contribution in [-0.2, 0) is 22.6 Å². The second kappa shape index (κ2) is 21.0. The number of aliphatic hydroxyl groups is 2. The standard InChI is InChI=1S/C47H52N4O10S/c1-2-25-58-47-44(62-26-20-32-18-21-48-22-19-32)30-42(49-59-31-33-12-14-35(15-13-33)50(54)55)40-27-34(8-3-5-23-52)39(11-4-6-24-53)45(46(40)47)41-29-38(16-17-43(41)61-47)60-37-10-7-9-36(28-37)51(56)57/h2,7,9-10,12-19,21-22,27-29,34,39,44-46,52-53H,1,3-6,8,11,20,23-26,30-31H2/t34-,39+,44-,45+,46+,47+/m0/s1. The first kappa shape index (κ1) is 44.4. The molecule has 62 heavy (non-hydrogen) atoms. The summed E-state index contributed by atoms with van der Waals surface area (Å²) in [4.78, 5) is 32.4. The Morgan fingerprint density at radius 1 is 0.903 bits per heavy atom. The molecule has 0 amide bonds. The van der Waals surface area contributed by atoms with Crippen LogP contribution >= 0.6 is 11.8 Å². The molecular weight excluding hydrogens is 813 g/mol. The third kappa shape index (κ3) is 10.2. The Kier molecular flexibility index (Phi) is 15.0. The van der Waals surface area contributed by atoms with Gasteiger partial charge < -0.3 is 29.3 Å². The number of nitro benzene ring substituents is 2. The Morgan fingerprint density at radius 2 is 1.65 bits per heavy atom. The van der Waals surface area contributed by atoms with Crippen molar-refractivity contribution in [2.45, 2.75) is 74.9 Å². The van der Waals surface area contributed by atoms with Crippen molar-refractivity contribution in [2.24, 2.45) is 22.9 Å². The molecule has 14 nitrogen and oxygen atoms in total. The van der Waals surface area contributed by atoms with Crippen LogP contribution in [0.1, 0.15) is 67.6 Å². The van der Waals surface area contributed by atoms with E-state index in [1.807, 2.05) is 30.3 Å². The maximum atomic E-state index is 11.6. The van der Waals surface area contributed by atoms with Crippen molar-refractivity contribution in [1.82, 2.24) is 4.98 Å². The van der Waals surface area contributed by atoms with Gasteiger partial charge in [-0.2, -0.15) is 11.8 Å². The topological polar surface area (TPSA) is 189 Å². The number of unbranched alkanes of at least 4 members (excludes halogenated alkanes) is 2. The van der Waals surface area contributed by atoms with Gasteiger partial charge in [0.15, 0.2) is 0 Å². The molecule has 2 N–H and O–H groups in total. The van der Waals surface area contributed by atoms with E-state index < -0.39 is 15.6 Å². The number of aromatic nitrogens is 1. The number of hydrogen-bond donors (Lipinski definition) is 2. The number of rotatable bonds is 22. The zero-order chi connectivity index (χ0) is 43.5. The number of pyridine rings is 1. The molecule has 4 aromatic rings. The minimum absolute atomic E-state index is 0.00903. The van der Waals surface area contributed by atoms with Gasteiger partial charge in [0.2, 0.25) is 5.79 Å². The molecule has 15 heteroatoms. The van der Waals surface area contributed by atoms with Gasteiger partial charge in [0.05, 0.1) is 39.4 Å². The van der Waals surface area contributed by atoms with E-state index in [0.717, 1.165) is 65.8 Å². The summed E-state index contributed by atoms with van der Waals surface area (Å²) in [5.74, 6) is 0.572. The van der Waals surface area contributed by atoms with Gasteiger partial charge >= 0.3 is 0 Å². The molecule has 1 aromatic heterocycles. The van der Waals surface area contributed by atoms with E-state index in [1.54, 1.807) is 54.5 Å². The lowest BCUT2D eigenvalue weighted by molar-refractivity contribution is -0.385. The van der Waals surface area contributed by atoms with Crippen LogP contribution in [0.15, 0.2) is 121 Å². The highest BCUT2D eigenvalue weighted by molar-refractivity contribution is 8.00. The molecule has 2 aliphatic carbocycles. The molecule has 326 valence electrons. The number of non-ortho nitro benzene ring substituents is 2. The molecule has 0 unspecified atom stereocenters. The number of nitrogens with zero attached hydrogens (tertiary/aromatic N) is 4. The first-order valence-electron chi connectivity index (χ1n) is 21.1. The highest BCUT2D eigenvalue weighted by Gasteiger charge is 2.64.